The second-order valence-electron chi connectivity index (χ2n) is 3.37. The Labute approximate surface area is 83.1 Å². The Morgan fingerprint density at radius 3 is 2.79 bits per heavy atom. The van der Waals surface area contributed by atoms with Gasteiger partial charge in [-0.15, -0.1) is 0 Å². The van der Waals surface area contributed by atoms with Crippen molar-refractivity contribution in [3.63, 3.8) is 0 Å². The molecule has 1 heterocycles. The summed E-state index contributed by atoms with van der Waals surface area (Å²) in [5.41, 5.74) is 0. The highest BCUT2D eigenvalue weighted by molar-refractivity contribution is 5.59. The molecule has 0 bridgehead atoms. The Kier molecular flexibility index (Phi) is 2.79. The molecule has 1 aliphatic heterocycles. The van der Waals surface area contributed by atoms with Crippen molar-refractivity contribution in [3.05, 3.63) is 30.3 Å². The van der Waals surface area contributed by atoms with Crippen LogP contribution in [0.5, 0.6) is 5.75 Å². The minimum absolute atomic E-state index is 0.0869. The molecule has 1 radical (unpaired) electrons. The van der Waals surface area contributed by atoms with E-state index in [4.69, 9.17) is 4.74 Å². The molecular weight excluding hydrogens is 178 g/mol. The molecule has 2 rings (SSSR count). The van der Waals surface area contributed by atoms with Crippen LogP contribution in [0.4, 0.5) is 0 Å². The third kappa shape index (κ3) is 2.12. The van der Waals surface area contributed by atoms with E-state index >= 15 is 0 Å². The first-order valence-electron chi connectivity index (χ1n) is 4.71. The largest absolute Gasteiger partial charge is 0.489 e. The molecule has 1 aromatic carbocycles. The molecule has 1 fully saturated rings. The Bertz CT molecular complexity index is 299. The zero-order valence-corrected chi connectivity index (χ0v) is 7.77. The molecule has 3 nitrogen and oxygen atoms in total. The monoisotopic (exact) mass is 190 g/mol. The average molecular weight is 190 g/mol. The van der Waals surface area contributed by atoms with E-state index in [1.54, 1.807) is 0 Å². The number of carbonyl (C=O) groups excluding carboxylic acids is 1. The van der Waals surface area contributed by atoms with E-state index in [2.05, 4.69) is 5.32 Å². The predicted octanol–water partition coefficient (Wildman–Crippen LogP) is 0.906. The number of rotatable bonds is 3. The summed E-state index contributed by atoms with van der Waals surface area (Å²) < 4.78 is 5.67. The number of para-hydroxylation sites is 1. The minimum Gasteiger partial charge on any atom is -0.489 e. The molecule has 1 N–H and O–H groups in total. The summed E-state index contributed by atoms with van der Waals surface area (Å²) in [5, 5.41) is 3.03. The third-order valence-corrected chi connectivity index (χ3v) is 2.28. The summed E-state index contributed by atoms with van der Waals surface area (Å²) in [4.78, 5) is 10.4. The van der Waals surface area contributed by atoms with Gasteiger partial charge in [-0.05, 0) is 12.1 Å². The van der Waals surface area contributed by atoms with Crippen molar-refractivity contribution >= 4 is 6.29 Å². The SMILES string of the molecule is O=[C][C@@H]1CC(Oc2ccccc2)CN1. The Morgan fingerprint density at radius 2 is 2.14 bits per heavy atom. The summed E-state index contributed by atoms with van der Waals surface area (Å²) in [7, 11) is 0. The number of ether oxygens (including phenoxy) is 1. The maximum Gasteiger partial charge on any atom is 0.217 e. The standard InChI is InChI=1S/C11H12NO2/c13-8-9-6-11(7-12-9)14-10-4-2-1-3-5-10/h1-5,9,11-12H,6-7H2/t9-,11?/m0/s1. The number of nitrogens with one attached hydrogen (secondary N) is 1. The Hall–Kier alpha value is -1.35. The molecule has 14 heavy (non-hydrogen) atoms. The molecule has 1 aromatic rings. The van der Waals surface area contributed by atoms with Gasteiger partial charge in [-0.3, -0.25) is 4.79 Å². The Morgan fingerprint density at radius 1 is 1.36 bits per heavy atom. The van der Waals surface area contributed by atoms with Gasteiger partial charge in [0.05, 0.1) is 6.04 Å². The van der Waals surface area contributed by atoms with Crippen LogP contribution in [0, 0.1) is 0 Å². The summed E-state index contributed by atoms with van der Waals surface area (Å²) >= 11 is 0. The molecule has 0 amide bonds. The van der Waals surface area contributed by atoms with E-state index in [0.717, 1.165) is 12.3 Å². The van der Waals surface area contributed by atoms with Gasteiger partial charge in [0.2, 0.25) is 6.29 Å². The van der Waals surface area contributed by atoms with Gasteiger partial charge in [0, 0.05) is 13.0 Å². The fraction of sp³-hybridized carbons (Fsp3) is 0.364. The smallest absolute Gasteiger partial charge is 0.217 e. The van der Waals surface area contributed by atoms with Crippen LogP contribution in [0.2, 0.25) is 0 Å². The summed E-state index contributed by atoms with van der Waals surface area (Å²) in [6, 6.07) is 9.48. The summed E-state index contributed by atoms with van der Waals surface area (Å²) in [6.45, 7) is 0.717. The highest BCUT2D eigenvalue weighted by Crippen LogP contribution is 2.15. The van der Waals surface area contributed by atoms with Crippen LogP contribution in [-0.2, 0) is 4.79 Å². The first-order valence-corrected chi connectivity index (χ1v) is 4.71. The highest BCUT2D eigenvalue weighted by Gasteiger charge is 2.25. The minimum atomic E-state index is -0.163. The van der Waals surface area contributed by atoms with E-state index in [-0.39, 0.29) is 12.1 Å². The first kappa shape index (κ1) is 9.21. The van der Waals surface area contributed by atoms with E-state index < -0.39 is 0 Å². The molecule has 0 saturated carbocycles. The first-order chi connectivity index (χ1) is 6.88. The van der Waals surface area contributed by atoms with E-state index in [0.29, 0.717) is 6.42 Å². The quantitative estimate of drug-likeness (QED) is 0.769. The van der Waals surface area contributed by atoms with Gasteiger partial charge >= 0.3 is 0 Å². The van der Waals surface area contributed by atoms with Crippen LogP contribution in [0.25, 0.3) is 0 Å². The molecule has 0 spiro atoms. The second kappa shape index (κ2) is 4.24. The summed E-state index contributed by atoms with van der Waals surface area (Å²) in [5.74, 6) is 0.853. The van der Waals surface area contributed by atoms with Crippen LogP contribution in [-0.4, -0.2) is 25.0 Å². The topological polar surface area (TPSA) is 38.3 Å². The molecule has 1 saturated heterocycles. The molecule has 3 heteroatoms. The highest BCUT2D eigenvalue weighted by atomic mass is 16.5. The zero-order valence-electron chi connectivity index (χ0n) is 7.77. The van der Waals surface area contributed by atoms with Gasteiger partial charge in [0.25, 0.3) is 0 Å². The molecule has 0 aliphatic carbocycles. The van der Waals surface area contributed by atoms with Crippen molar-refractivity contribution in [2.75, 3.05) is 6.54 Å². The lowest BCUT2D eigenvalue weighted by Crippen LogP contribution is -2.22. The molecular formula is C11H12NO2. The van der Waals surface area contributed by atoms with Crippen LogP contribution < -0.4 is 10.1 Å². The van der Waals surface area contributed by atoms with Crippen molar-refractivity contribution in [1.29, 1.82) is 0 Å². The van der Waals surface area contributed by atoms with Gasteiger partial charge < -0.3 is 10.1 Å². The molecule has 1 aliphatic rings. The predicted molar refractivity (Wildman–Crippen MR) is 53.0 cm³/mol. The third-order valence-electron chi connectivity index (χ3n) is 2.28. The molecule has 2 atom stereocenters. The van der Waals surface area contributed by atoms with Gasteiger partial charge in [0.15, 0.2) is 0 Å². The Balaban J connectivity index is 1.90. The number of hydrogen-bond donors (Lipinski definition) is 1. The zero-order chi connectivity index (χ0) is 9.80. The lowest BCUT2D eigenvalue weighted by atomic mass is 10.2. The normalized spacial score (nSPS) is 26.0. The molecule has 0 aromatic heterocycles. The van der Waals surface area contributed by atoms with Crippen LogP contribution >= 0.6 is 0 Å². The van der Waals surface area contributed by atoms with Crippen molar-refractivity contribution in [3.8, 4) is 5.75 Å². The van der Waals surface area contributed by atoms with Crippen molar-refractivity contribution in [2.45, 2.75) is 18.6 Å². The lowest BCUT2D eigenvalue weighted by molar-refractivity contribution is 0.221. The van der Waals surface area contributed by atoms with Crippen molar-refractivity contribution < 1.29 is 9.53 Å². The average Bonchev–Trinajstić information content (AvgIpc) is 2.67. The molecule has 73 valence electrons. The van der Waals surface area contributed by atoms with E-state index in [1.165, 1.54) is 0 Å². The van der Waals surface area contributed by atoms with Crippen molar-refractivity contribution in [2.24, 2.45) is 0 Å². The number of benzene rings is 1. The van der Waals surface area contributed by atoms with Crippen LogP contribution in [0.15, 0.2) is 30.3 Å². The van der Waals surface area contributed by atoms with Gasteiger partial charge in [-0.25, -0.2) is 0 Å². The van der Waals surface area contributed by atoms with Gasteiger partial charge in [0.1, 0.15) is 11.9 Å². The summed E-state index contributed by atoms with van der Waals surface area (Å²) in [6.07, 6.45) is 2.73. The fourth-order valence-electron chi connectivity index (χ4n) is 1.57. The second-order valence-corrected chi connectivity index (χ2v) is 3.37. The maximum atomic E-state index is 10.4. The maximum absolute atomic E-state index is 10.4. The van der Waals surface area contributed by atoms with Crippen LogP contribution in [0.1, 0.15) is 6.42 Å². The number of hydrogen-bond acceptors (Lipinski definition) is 3. The van der Waals surface area contributed by atoms with E-state index in [1.807, 2.05) is 36.6 Å². The van der Waals surface area contributed by atoms with Crippen LogP contribution in [0.3, 0.4) is 0 Å². The lowest BCUT2D eigenvalue weighted by Gasteiger charge is -2.11. The van der Waals surface area contributed by atoms with Crippen molar-refractivity contribution in [1.82, 2.24) is 5.32 Å². The van der Waals surface area contributed by atoms with Gasteiger partial charge in [-0.1, -0.05) is 18.2 Å². The van der Waals surface area contributed by atoms with E-state index in [9.17, 15) is 4.79 Å². The molecule has 1 unspecified atom stereocenters. The van der Waals surface area contributed by atoms with Gasteiger partial charge in [-0.2, -0.15) is 0 Å². The fourth-order valence-corrected chi connectivity index (χ4v) is 1.57.